The van der Waals surface area contributed by atoms with Gasteiger partial charge in [0.25, 0.3) is 0 Å². The van der Waals surface area contributed by atoms with Gasteiger partial charge in [-0.15, -0.1) is 0 Å². The van der Waals surface area contributed by atoms with Crippen LogP contribution in [0.1, 0.15) is 5.56 Å². The van der Waals surface area contributed by atoms with E-state index < -0.39 is 11.7 Å². The molecule has 0 aromatic heterocycles. The van der Waals surface area contributed by atoms with E-state index in [4.69, 9.17) is 0 Å². The van der Waals surface area contributed by atoms with Crippen LogP contribution in [0.15, 0.2) is 48.5 Å². The summed E-state index contributed by atoms with van der Waals surface area (Å²) in [5.41, 5.74) is -0.338. The van der Waals surface area contributed by atoms with Crippen molar-refractivity contribution in [1.82, 2.24) is 0 Å². The third kappa shape index (κ3) is 2.41. The number of hydrogen-bond donors (Lipinski definition) is 1. The molecule has 0 saturated heterocycles. The third-order valence-corrected chi connectivity index (χ3v) is 2.39. The number of benzene rings is 2. The SMILES string of the molecule is Oc1ccc(C(F)(F)F)c(-c2ccccc2)c1. The molecule has 0 aliphatic rings. The molecule has 2 aromatic carbocycles. The van der Waals surface area contributed by atoms with E-state index in [1.54, 1.807) is 30.3 Å². The standard InChI is InChI=1S/C13H9F3O/c14-13(15,16)12-7-6-10(17)8-11(12)9-4-2-1-3-5-9/h1-8,17H. The average Bonchev–Trinajstić information content (AvgIpc) is 2.28. The molecule has 0 fully saturated rings. The van der Waals surface area contributed by atoms with Crippen molar-refractivity contribution in [3.8, 4) is 16.9 Å². The van der Waals surface area contributed by atoms with E-state index in [0.29, 0.717) is 5.56 Å². The van der Waals surface area contributed by atoms with Gasteiger partial charge >= 0.3 is 6.18 Å². The fourth-order valence-electron chi connectivity index (χ4n) is 1.64. The molecule has 0 bridgehead atoms. The van der Waals surface area contributed by atoms with E-state index in [1.807, 2.05) is 0 Å². The van der Waals surface area contributed by atoms with Gasteiger partial charge in [0.2, 0.25) is 0 Å². The topological polar surface area (TPSA) is 20.2 Å². The number of phenolic OH excluding ortho intramolecular Hbond substituents is 1. The van der Waals surface area contributed by atoms with Gasteiger partial charge in [-0.3, -0.25) is 0 Å². The molecule has 0 heterocycles. The van der Waals surface area contributed by atoms with Gasteiger partial charge < -0.3 is 5.11 Å². The van der Waals surface area contributed by atoms with Crippen molar-refractivity contribution in [2.24, 2.45) is 0 Å². The Balaban J connectivity index is 2.64. The molecule has 0 unspecified atom stereocenters. The summed E-state index contributed by atoms with van der Waals surface area (Å²) in [6.07, 6.45) is -4.43. The molecule has 4 heteroatoms. The predicted molar refractivity (Wildman–Crippen MR) is 58.5 cm³/mol. The second kappa shape index (κ2) is 4.13. The molecule has 0 aliphatic heterocycles. The summed E-state index contributed by atoms with van der Waals surface area (Å²) in [7, 11) is 0. The maximum atomic E-state index is 12.8. The van der Waals surface area contributed by atoms with Crippen molar-refractivity contribution >= 4 is 0 Å². The van der Waals surface area contributed by atoms with Gasteiger partial charge in [-0.25, -0.2) is 0 Å². The number of phenols is 1. The summed E-state index contributed by atoms with van der Waals surface area (Å²) < 4.78 is 38.4. The second-order valence-corrected chi connectivity index (χ2v) is 3.59. The number of hydrogen-bond acceptors (Lipinski definition) is 1. The Morgan fingerprint density at radius 3 is 2.12 bits per heavy atom. The Hall–Kier alpha value is -1.97. The van der Waals surface area contributed by atoms with E-state index in [-0.39, 0.29) is 11.3 Å². The van der Waals surface area contributed by atoms with Crippen molar-refractivity contribution in [3.63, 3.8) is 0 Å². The lowest BCUT2D eigenvalue weighted by atomic mass is 9.99. The Morgan fingerprint density at radius 1 is 0.882 bits per heavy atom. The molecule has 2 aromatic rings. The first-order valence-electron chi connectivity index (χ1n) is 4.94. The van der Waals surface area contributed by atoms with Crippen molar-refractivity contribution in [2.75, 3.05) is 0 Å². The minimum absolute atomic E-state index is 0.0156. The highest BCUT2D eigenvalue weighted by Crippen LogP contribution is 2.38. The smallest absolute Gasteiger partial charge is 0.417 e. The molecule has 17 heavy (non-hydrogen) atoms. The molecule has 0 saturated carbocycles. The third-order valence-electron chi connectivity index (χ3n) is 2.39. The molecule has 0 atom stereocenters. The first-order valence-corrected chi connectivity index (χ1v) is 4.94. The van der Waals surface area contributed by atoms with Crippen LogP contribution in [-0.2, 0) is 6.18 Å². The van der Waals surface area contributed by atoms with E-state index in [1.165, 1.54) is 0 Å². The summed E-state index contributed by atoms with van der Waals surface area (Å²) in [6, 6.07) is 11.2. The number of rotatable bonds is 1. The van der Waals surface area contributed by atoms with Crippen LogP contribution in [0.3, 0.4) is 0 Å². The lowest BCUT2D eigenvalue weighted by molar-refractivity contribution is -0.137. The average molecular weight is 238 g/mol. The van der Waals surface area contributed by atoms with Gasteiger partial charge in [0.1, 0.15) is 5.75 Å². The summed E-state index contributed by atoms with van der Waals surface area (Å²) in [5.74, 6) is -0.183. The highest BCUT2D eigenvalue weighted by Gasteiger charge is 2.33. The fraction of sp³-hybridized carbons (Fsp3) is 0.0769. The zero-order valence-electron chi connectivity index (χ0n) is 8.70. The quantitative estimate of drug-likeness (QED) is 0.793. The lowest BCUT2D eigenvalue weighted by Gasteiger charge is -2.13. The fourth-order valence-corrected chi connectivity index (χ4v) is 1.64. The largest absolute Gasteiger partial charge is 0.508 e. The molecule has 0 aliphatic carbocycles. The van der Waals surface area contributed by atoms with Crippen LogP contribution >= 0.6 is 0 Å². The Labute approximate surface area is 96.1 Å². The molecule has 1 N–H and O–H groups in total. The van der Waals surface area contributed by atoms with Gasteiger partial charge in [0.15, 0.2) is 0 Å². The van der Waals surface area contributed by atoms with Crippen LogP contribution in [0.5, 0.6) is 5.75 Å². The number of halogens is 3. The summed E-state index contributed by atoms with van der Waals surface area (Å²) in [6.45, 7) is 0. The second-order valence-electron chi connectivity index (χ2n) is 3.59. The van der Waals surface area contributed by atoms with Crippen molar-refractivity contribution < 1.29 is 18.3 Å². The van der Waals surface area contributed by atoms with E-state index in [2.05, 4.69) is 0 Å². The van der Waals surface area contributed by atoms with Crippen molar-refractivity contribution in [2.45, 2.75) is 6.18 Å². The van der Waals surface area contributed by atoms with Crippen LogP contribution in [0.2, 0.25) is 0 Å². The highest BCUT2D eigenvalue weighted by molar-refractivity contribution is 5.69. The summed E-state index contributed by atoms with van der Waals surface area (Å²) in [5, 5.41) is 9.30. The molecule has 2 rings (SSSR count). The van der Waals surface area contributed by atoms with Crippen molar-refractivity contribution in [3.05, 3.63) is 54.1 Å². The monoisotopic (exact) mass is 238 g/mol. The van der Waals surface area contributed by atoms with Crippen molar-refractivity contribution in [1.29, 1.82) is 0 Å². The minimum Gasteiger partial charge on any atom is -0.508 e. The first-order chi connectivity index (χ1) is 7.98. The van der Waals surface area contributed by atoms with Gasteiger partial charge in [-0.2, -0.15) is 13.2 Å². The van der Waals surface area contributed by atoms with Crippen LogP contribution < -0.4 is 0 Å². The predicted octanol–water partition coefficient (Wildman–Crippen LogP) is 4.08. The van der Waals surface area contributed by atoms with Gasteiger partial charge in [-0.1, -0.05) is 30.3 Å². The molecule has 0 radical (unpaired) electrons. The summed E-state index contributed by atoms with van der Waals surface area (Å²) in [4.78, 5) is 0. The van der Waals surface area contributed by atoms with Gasteiger partial charge in [-0.05, 0) is 29.3 Å². The zero-order chi connectivity index (χ0) is 12.5. The minimum atomic E-state index is -4.43. The molecule has 88 valence electrons. The molecule has 0 amide bonds. The lowest BCUT2D eigenvalue weighted by Crippen LogP contribution is -2.06. The van der Waals surface area contributed by atoms with E-state index in [9.17, 15) is 18.3 Å². The van der Waals surface area contributed by atoms with Crippen LogP contribution in [0.25, 0.3) is 11.1 Å². The normalized spacial score (nSPS) is 11.5. The Kier molecular flexibility index (Phi) is 2.79. The Morgan fingerprint density at radius 2 is 1.53 bits per heavy atom. The van der Waals surface area contributed by atoms with Crippen LogP contribution in [-0.4, -0.2) is 5.11 Å². The molecular weight excluding hydrogens is 229 g/mol. The Bertz CT molecular complexity index is 518. The zero-order valence-corrected chi connectivity index (χ0v) is 8.70. The van der Waals surface area contributed by atoms with Gasteiger partial charge in [0, 0.05) is 0 Å². The van der Waals surface area contributed by atoms with Crippen LogP contribution in [0.4, 0.5) is 13.2 Å². The molecule has 0 spiro atoms. The van der Waals surface area contributed by atoms with Crippen LogP contribution in [0, 0.1) is 0 Å². The maximum absolute atomic E-state index is 12.8. The highest BCUT2D eigenvalue weighted by atomic mass is 19.4. The molecule has 1 nitrogen and oxygen atoms in total. The van der Waals surface area contributed by atoms with Gasteiger partial charge in [0.05, 0.1) is 5.56 Å². The number of alkyl halides is 3. The van der Waals surface area contributed by atoms with E-state index >= 15 is 0 Å². The number of aromatic hydroxyl groups is 1. The molecular formula is C13H9F3O. The van der Waals surface area contributed by atoms with E-state index in [0.717, 1.165) is 18.2 Å². The first kappa shape index (κ1) is 11.5. The maximum Gasteiger partial charge on any atom is 0.417 e. The summed E-state index contributed by atoms with van der Waals surface area (Å²) >= 11 is 0.